The number of rotatable bonds is 1. The number of nitrogens with zero attached hydrogens (tertiary/aromatic N) is 1. The van der Waals surface area contributed by atoms with E-state index in [1.54, 1.807) is 19.1 Å². The molecule has 0 aliphatic carbocycles. The zero-order chi connectivity index (χ0) is 14.3. The predicted octanol–water partition coefficient (Wildman–Crippen LogP) is 2.77. The van der Waals surface area contributed by atoms with Gasteiger partial charge in [0.05, 0.1) is 14.3 Å². The summed E-state index contributed by atoms with van der Waals surface area (Å²) in [6.45, 7) is 2.74. The summed E-state index contributed by atoms with van der Waals surface area (Å²) in [4.78, 5) is 18.9. The van der Waals surface area contributed by atoms with Crippen molar-refractivity contribution in [2.45, 2.75) is 6.92 Å². The van der Waals surface area contributed by atoms with Gasteiger partial charge in [0.15, 0.2) is 11.5 Å². The topological polar surface area (TPSA) is 64.2 Å². The Morgan fingerprint density at radius 2 is 2.10 bits per heavy atom. The van der Waals surface area contributed by atoms with Gasteiger partial charge < -0.3 is 14.5 Å². The molecule has 1 aliphatic rings. The summed E-state index contributed by atoms with van der Waals surface area (Å²) >= 11 is 8.15. The summed E-state index contributed by atoms with van der Waals surface area (Å²) in [5.74, 6) is 1.57. The lowest BCUT2D eigenvalue weighted by molar-refractivity contribution is 0.172. The van der Waals surface area contributed by atoms with Crippen LogP contribution >= 0.6 is 34.2 Å². The van der Waals surface area contributed by atoms with E-state index in [0.29, 0.717) is 50.4 Å². The van der Waals surface area contributed by atoms with Gasteiger partial charge in [0, 0.05) is 5.56 Å². The average molecular weight is 405 g/mol. The van der Waals surface area contributed by atoms with Crippen LogP contribution in [-0.2, 0) is 0 Å². The lowest BCUT2D eigenvalue weighted by Crippen LogP contribution is -2.16. The molecule has 2 aromatic rings. The summed E-state index contributed by atoms with van der Waals surface area (Å²) in [7, 11) is 0. The number of halogens is 2. The summed E-state index contributed by atoms with van der Waals surface area (Å²) in [6, 6.07) is 3.48. The molecule has 7 heteroatoms. The number of hydrogen-bond donors (Lipinski definition) is 1. The lowest BCUT2D eigenvalue weighted by atomic mass is 10.1. The van der Waals surface area contributed by atoms with E-state index in [-0.39, 0.29) is 5.56 Å². The van der Waals surface area contributed by atoms with E-state index in [1.165, 1.54) is 0 Å². The highest BCUT2D eigenvalue weighted by Crippen LogP contribution is 2.40. The molecule has 0 saturated heterocycles. The van der Waals surface area contributed by atoms with Gasteiger partial charge in [-0.3, -0.25) is 4.79 Å². The Morgan fingerprint density at radius 1 is 1.35 bits per heavy atom. The van der Waals surface area contributed by atoms with Crippen molar-refractivity contribution < 1.29 is 9.47 Å². The molecule has 20 heavy (non-hydrogen) atoms. The molecule has 1 aromatic heterocycles. The molecule has 1 aromatic carbocycles. The normalized spacial score (nSPS) is 13.3. The summed E-state index contributed by atoms with van der Waals surface area (Å²) in [5.41, 5.74) is 1.20. The molecule has 0 atom stereocenters. The van der Waals surface area contributed by atoms with E-state index < -0.39 is 0 Å². The molecule has 1 N–H and O–H groups in total. The van der Waals surface area contributed by atoms with Crippen LogP contribution in [0.5, 0.6) is 11.5 Å². The van der Waals surface area contributed by atoms with Gasteiger partial charge in [0.1, 0.15) is 19.0 Å². The zero-order valence-corrected chi connectivity index (χ0v) is 13.4. The highest BCUT2D eigenvalue weighted by Gasteiger charge is 2.18. The Balaban J connectivity index is 2.16. The van der Waals surface area contributed by atoms with Crippen molar-refractivity contribution in [3.63, 3.8) is 0 Å². The number of aromatic amines is 1. The second kappa shape index (κ2) is 5.25. The highest BCUT2D eigenvalue weighted by atomic mass is 127. The van der Waals surface area contributed by atoms with Crippen LogP contribution in [0.4, 0.5) is 0 Å². The van der Waals surface area contributed by atoms with Gasteiger partial charge in [-0.05, 0) is 41.6 Å². The fraction of sp³-hybridized carbons (Fsp3) is 0.231. The van der Waals surface area contributed by atoms with Crippen LogP contribution in [0.25, 0.3) is 11.4 Å². The smallest absolute Gasteiger partial charge is 0.264 e. The molecule has 0 amide bonds. The largest absolute Gasteiger partial charge is 0.486 e. The number of nitrogens with one attached hydrogen (secondary N) is 1. The maximum absolute atomic E-state index is 11.8. The van der Waals surface area contributed by atoms with Gasteiger partial charge >= 0.3 is 0 Å². The molecule has 1 aliphatic heterocycles. The van der Waals surface area contributed by atoms with Crippen molar-refractivity contribution in [2.24, 2.45) is 0 Å². The predicted molar refractivity (Wildman–Crippen MR) is 83.7 cm³/mol. The van der Waals surface area contributed by atoms with Gasteiger partial charge in [0.2, 0.25) is 0 Å². The molecule has 0 bridgehead atoms. The van der Waals surface area contributed by atoms with E-state index in [2.05, 4.69) is 9.97 Å². The Hall–Kier alpha value is -1.28. The fourth-order valence-electron chi connectivity index (χ4n) is 1.96. The van der Waals surface area contributed by atoms with E-state index in [9.17, 15) is 4.79 Å². The molecule has 0 unspecified atom stereocenters. The maximum Gasteiger partial charge on any atom is 0.264 e. The number of benzene rings is 1. The number of aromatic nitrogens is 2. The molecule has 0 radical (unpaired) electrons. The SMILES string of the molecule is Cc1nc(-c2cc(Cl)c3c(c2)OCCO3)[nH]c(=O)c1I. The standard InChI is InChI=1S/C13H10ClIN2O3/c1-6-10(15)13(18)17-12(16-6)7-4-8(14)11-9(5-7)19-2-3-20-11/h4-5H,2-3H2,1H3,(H,16,17,18). The Bertz CT molecular complexity index is 745. The minimum absolute atomic E-state index is 0.167. The Kier molecular flexibility index (Phi) is 3.59. The first-order valence-electron chi connectivity index (χ1n) is 5.92. The number of H-pyrrole nitrogens is 1. The first kappa shape index (κ1) is 13.7. The third-order valence-electron chi connectivity index (χ3n) is 2.90. The zero-order valence-electron chi connectivity index (χ0n) is 10.5. The molecule has 0 saturated carbocycles. The van der Waals surface area contributed by atoms with Gasteiger partial charge in [-0.1, -0.05) is 11.6 Å². The van der Waals surface area contributed by atoms with Crippen molar-refractivity contribution in [1.82, 2.24) is 9.97 Å². The van der Waals surface area contributed by atoms with E-state index in [0.717, 1.165) is 0 Å². The van der Waals surface area contributed by atoms with E-state index in [1.807, 2.05) is 22.6 Å². The third kappa shape index (κ3) is 2.37. The third-order valence-corrected chi connectivity index (χ3v) is 4.45. The monoisotopic (exact) mass is 404 g/mol. The van der Waals surface area contributed by atoms with Crippen molar-refractivity contribution in [2.75, 3.05) is 13.2 Å². The molecule has 3 rings (SSSR count). The van der Waals surface area contributed by atoms with Crippen LogP contribution in [0, 0.1) is 10.5 Å². The first-order chi connectivity index (χ1) is 9.56. The minimum atomic E-state index is -0.167. The van der Waals surface area contributed by atoms with E-state index >= 15 is 0 Å². The van der Waals surface area contributed by atoms with Crippen molar-refractivity contribution in [3.05, 3.63) is 36.8 Å². The van der Waals surface area contributed by atoms with Crippen molar-refractivity contribution in [1.29, 1.82) is 0 Å². The molecule has 0 spiro atoms. The van der Waals surface area contributed by atoms with Gasteiger partial charge in [0.25, 0.3) is 5.56 Å². The van der Waals surface area contributed by atoms with Crippen molar-refractivity contribution in [3.8, 4) is 22.9 Å². The average Bonchev–Trinajstić information content (AvgIpc) is 2.44. The van der Waals surface area contributed by atoms with Crippen LogP contribution in [0.1, 0.15) is 5.69 Å². The molecular formula is C13H10ClIN2O3. The van der Waals surface area contributed by atoms with E-state index in [4.69, 9.17) is 21.1 Å². The fourth-order valence-corrected chi connectivity index (χ4v) is 2.48. The second-order valence-corrected chi connectivity index (χ2v) is 5.78. The summed E-state index contributed by atoms with van der Waals surface area (Å²) in [5, 5.41) is 0.441. The molecule has 104 valence electrons. The Labute approximate surface area is 133 Å². The maximum atomic E-state index is 11.8. The molecule has 0 fully saturated rings. The number of ether oxygens (including phenoxy) is 2. The molecule has 5 nitrogen and oxygen atoms in total. The second-order valence-electron chi connectivity index (χ2n) is 4.30. The van der Waals surface area contributed by atoms with Crippen LogP contribution in [0.3, 0.4) is 0 Å². The van der Waals surface area contributed by atoms with Crippen LogP contribution in [0.15, 0.2) is 16.9 Å². The lowest BCUT2D eigenvalue weighted by Gasteiger charge is -2.20. The number of hydrogen-bond acceptors (Lipinski definition) is 4. The molecular weight excluding hydrogens is 395 g/mol. The number of aryl methyl sites for hydroxylation is 1. The van der Waals surface area contributed by atoms with Crippen LogP contribution in [-0.4, -0.2) is 23.2 Å². The quantitative estimate of drug-likeness (QED) is 0.743. The first-order valence-corrected chi connectivity index (χ1v) is 7.38. The van der Waals surface area contributed by atoms with Crippen LogP contribution < -0.4 is 15.0 Å². The number of fused-ring (bicyclic) bond motifs is 1. The Morgan fingerprint density at radius 3 is 2.85 bits per heavy atom. The van der Waals surface area contributed by atoms with Crippen LogP contribution in [0.2, 0.25) is 5.02 Å². The van der Waals surface area contributed by atoms with Gasteiger partial charge in [-0.2, -0.15) is 0 Å². The van der Waals surface area contributed by atoms with Gasteiger partial charge in [-0.25, -0.2) is 4.98 Å². The summed E-state index contributed by atoms with van der Waals surface area (Å²) < 4.78 is 11.6. The summed E-state index contributed by atoms with van der Waals surface area (Å²) in [6.07, 6.45) is 0. The molecule has 2 heterocycles. The minimum Gasteiger partial charge on any atom is -0.486 e. The highest BCUT2D eigenvalue weighted by molar-refractivity contribution is 14.1. The van der Waals surface area contributed by atoms with Gasteiger partial charge in [-0.15, -0.1) is 0 Å². The van der Waals surface area contributed by atoms with Crippen molar-refractivity contribution >= 4 is 34.2 Å².